The molecule has 1 fully saturated rings. The Morgan fingerprint density at radius 1 is 1.53 bits per heavy atom. The van der Waals surface area contributed by atoms with Crippen LogP contribution in [-0.4, -0.2) is 14.0 Å². The number of rotatable bonds is 5. The van der Waals surface area contributed by atoms with E-state index < -0.39 is 10.0 Å². The number of nitrogens with two attached hydrogens (primary N) is 1. The van der Waals surface area contributed by atoms with Gasteiger partial charge in [-0.3, -0.25) is 0 Å². The topological polar surface area (TPSA) is 72.2 Å². The highest BCUT2D eigenvalue weighted by Gasteiger charge is 2.39. The second-order valence-electron chi connectivity index (χ2n) is 4.55. The maximum atomic E-state index is 12.2. The van der Waals surface area contributed by atoms with Crippen molar-refractivity contribution < 1.29 is 8.42 Å². The molecule has 2 rings (SSSR count). The summed E-state index contributed by atoms with van der Waals surface area (Å²) in [5.74, 6) is 0. The predicted molar refractivity (Wildman–Crippen MR) is 69.4 cm³/mol. The van der Waals surface area contributed by atoms with Crippen molar-refractivity contribution in [3.05, 3.63) is 16.3 Å². The van der Waals surface area contributed by atoms with Crippen molar-refractivity contribution in [1.82, 2.24) is 4.72 Å². The lowest BCUT2D eigenvalue weighted by Crippen LogP contribution is -2.52. The van der Waals surface area contributed by atoms with Crippen molar-refractivity contribution >= 4 is 21.4 Å². The van der Waals surface area contributed by atoms with Gasteiger partial charge in [0, 0.05) is 22.3 Å². The molecule has 0 saturated heterocycles. The van der Waals surface area contributed by atoms with E-state index in [-0.39, 0.29) is 5.54 Å². The first-order valence-corrected chi connectivity index (χ1v) is 8.19. The lowest BCUT2D eigenvalue weighted by molar-refractivity contribution is 0.214. The van der Waals surface area contributed by atoms with Crippen LogP contribution >= 0.6 is 11.3 Å². The number of hydrogen-bond donors (Lipinski definition) is 2. The molecule has 1 aromatic rings. The van der Waals surface area contributed by atoms with E-state index in [4.69, 9.17) is 5.73 Å². The molecule has 1 saturated carbocycles. The molecular formula is C11H18N2O2S2. The second-order valence-corrected chi connectivity index (χ2v) is 7.22. The fourth-order valence-electron chi connectivity index (χ4n) is 2.08. The van der Waals surface area contributed by atoms with Crippen molar-refractivity contribution in [2.45, 2.75) is 49.6 Å². The molecule has 1 aromatic heterocycles. The molecular weight excluding hydrogens is 256 g/mol. The van der Waals surface area contributed by atoms with Crippen LogP contribution < -0.4 is 10.5 Å². The lowest BCUT2D eigenvalue weighted by atomic mass is 9.76. The Balaban J connectivity index is 2.18. The van der Waals surface area contributed by atoms with Gasteiger partial charge >= 0.3 is 0 Å². The summed E-state index contributed by atoms with van der Waals surface area (Å²) in [7, 11) is -3.38. The van der Waals surface area contributed by atoms with Crippen molar-refractivity contribution in [2.24, 2.45) is 5.73 Å². The van der Waals surface area contributed by atoms with Crippen molar-refractivity contribution in [3.8, 4) is 0 Å². The molecule has 0 unspecified atom stereocenters. The molecule has 4 nitrogen and oxygen atoms in total. The van der Waals surface area contributed by atoms with Crippen LogP contribution in [0.4, 0.5) is 0 Å². The lowest BCUT2D eigenvalue weighted by Gasteiger charge is -2.41. The Morgan fingerprint density at radius 2 is 2.24 bits per heavy atom. The Hall–Kier alpha value is -0.430. The van der Waals surface area contributed by atoms with Gasteiger partial charge in [-0.2, -0.15) is 0 Å². The molecule has 17 heavy (non-hydrogen) atoms. The molecule has 0 aromatic carbocycles. The summed E-state index contributed by atoms with van der Waals surface area (Å²) in [6.45, 7) is 2.42. The quantitative estimate of drug-likeness (QED) is 0.860. The van der Waals surface area contributed by atoms with Crippen LogP contribution in [0.2, 0.25) is 0 Å². The summed E-state index contributed by atoms with van der Waals surface area (Å²) in [5, 5.41) is 1.66. The van der Waals surface area contributed by atoms with E-state index in [1.807, 2.05) is 6.92 Å². The second kappa shape index (κ2) is 4.68. The maximum absolute atomic E-state index is 12.2. The molecule has 0 atom stereocenters. The molecule has 1 heterocycles. The first-order valence-electron chi connectivity index (χ1n) is 5.83. The minimum absolute atomic E-state index is 0.205. The summed E-state index contributed by atoms with van der Waals surface area (Å²) in [6, 6.07) is 1.66. The maximum Gasteiger partial charge on any atom is 0.241 e. The smallest absolute Gasteiger partial charge is 0.241 e. The van der Waals surface area contributed by atoms with E-state index in [2.05, 4.69) is 4.72 Å². The monoisotopic (exact) mass is 274 g/mol. The van der Waals surface area contributed by atoms with Crippen LogP contribution in [0.3, 0.4) is 0 Å². The third-order valence-electron chi connectivity index (χ3n) is 3.48. The van der Waals surface area contributed by atoms with Crippen LogP contribution in [0.5, 0.6) is 0 Å². The highest BCUT2D eigenvalue weighted by Crippen LogP contribution is 2.36. The molecule has 1 aliphatic carbocycles. The Morgan fingerprint density at radius 3 is 2.65 bits per heavy atom. The fraction of sp³-hybridized carbons (Fsp3) is 0.636. The van der Waals surface area contributed by atoms with Gasteiger partial charge < -0.3 is 5.73 Å². The molecule has 0 amide bonds. The van der Waals surface area contributed by atoms with Crippen molar-refractivity contribution in [2.75, 3.05) is 0 Å². The zero-order valence-corrected chi connectivity index (χ0v) is 11.5. The van der Waals surface area contributed by atoms with Crippen LogP contribution in [0.1, 0.15) is 37.5 Å². The van der Waals surface area contributed by atoms with E-state index >= 15 is 0 Å². The van der Waals surface area contributed by atoms with Gasteiger partial charge in [-0.1, -0.05) is 6.92 Å². The van der Waals surface area contributed by atoms with Gasteiger partial charge in [0.15, 0.2) is 0 Å². The number of thiophene rings is 1. The number of hydrogen-bond acceptors (Lipinski definition) is 4. The fourth-order valence-corrected chi connectivity index (χ4v) is 4.77. The largest absolute Gasteiger partial charge is 0.326 e. The SMILES string of the molecule is CCC1(NS(=O)(=O)c2csc(CN)c2)CCC1. The minimum Gasteiger partial charge on any atom is -0.326 e. The highest BCUT2D eigenvalue weighted by atomic mass is 32.2. The minimum atomic E-state index is -3.38. The van der Waals surface area contributed by atoms with Gasteiger partial charge in [0.25, 0.3) is 0 Å². The number of sulfonamides is 1. The van der Waals surface area contributed by atoms with Crippen molar-refractivity contribution in [1.29, 1.82) is 0 Å². The van der Waals surface area contributed by atoms with E-state index in [1.54, 1.807) is 11.4 Å². The predicted octanol–water partition coefficient (Wildman–Crippen LogP) is 1.82. The molecule has 3 N–H and O–H groups in total. The van der Waals surface area contributed by atoms with Crippen LogP contribution in [0.25, 0.3) is 0 Å². The molecule has 96 valence electrons. The molecule has 0 aliphatic heterocycles. The zero-order valence-electron chi connectivity index (χ0n) is 9.90. The summed E-state index contributed by atoms with van der Waals surface area (Å²) in [4.78, 5) is 1.24. The van der Waals surface area contributed by atoms with Gasteiger partial charge in [-0.25, -0.2) is 13.1 Å². The molecule has 1 aliphatic rings. The highest BCUT2D eigenvalue weighted by molar-refractivity contribution is 7.89. The first kappa shape index (κ1) is 13.0. The third kappa shape index (κ3) is 2.54. The van der Waals surface area contributed by atoms with Gasteiger partial charge in [0.1, 0.15) is 0 Å². The molecule has 0 radical (unpaired) electrons. The Bertz CT molecular complexity index is 484. The summed E-state index contributed by atoms with van der Waals surface area (Å²) >= 11 is 1.39. The van der Waals surface area contributed by atoms with Gasteiger partial charge in [0.05, 0.1) is 4.90 Å². The average Bonchev–Trinajstić information content (AvgIpc) is 2.72. The van der Waals surface area contributed by atoms with Crippen LogP contribution in [-0.2, 0) is 16.6 Å². The Kier molecular flexibility index (Phi) is 3.58. The first-order chi connectivity index (χ1) is 8.01. The van der Waals surface area contributed by atoms with E-state index in [0.717, 1.165) is 30.6 Å². The standard InChI is InChI=1S/C11H18N2O2S2/c1-2-11(4-3-5-11)13-17(14,15)10-6-9(7-12)16-8-10/h6,8,13H,2-5,7,12H2,1H3. The third-order valence-corrected chi connectivity index (χ3v) is 6.15. The summed E-state index contributed by atoms with van der Waals surface area (Å²) in [6.07, 6.45) is 3.83. The van der Waals surface area contributed by atoms with E-state index in [9.17, 15) is 8.42 Å². The van der Waals surface area contributed by atoms with Crippen LogP contribution in [0, 0.1) is 0 Å². The molecule has 0 spiro atoms. The normalized spacial score (nSPS) is 18.9. The summed E-state index contributed by atoms with van der Waals surface area (Å²) in [5.41, 5.74) is 5.29. The van der Waals surface area contributed by atoms with Gasteiger partial charge in [-0.05, 0) is 31.7 Å². The molecule has 6 heteroatoms. The average molecular weight is 274 g/mol. The summed E-state index contributed by atoms with van der Waals surface area (Å²) < 4.78 is 27.2. The molecule has 0 bridgehead atoms. The van der Waals surface area contributed by atoms with Crippen LogP contribution in [0.15, 0.2) is 16.3 Å². The zero-order chi connectivity index (χ0) is 12.5. The van der Waals surface area contributed by atoms with Crippen molar-refractivity contribution in [3.63, 3.8) is 0 Å². The van der Waals surface area contributed by atoms with E-state index in [0.29, 0.717) is 11.4 Å². The number of nitrogens with one attached hydrogen (secondary N) is 1. The van der Waals surface area contributed by atoms with E-state index in [1.165, 1.54) is 11.3 Å². The van der Waals surface area contributed by atoms with Gasteiger partial charge in [-0.15, -0.1) is 11.3 Å². The Labute approximate surface area is 106 Å². The van der Waals surface area contributed by atoms with Gasteiger partial charge in [0.2, 0.25) is 10.0 Å².